The van der Waals surface area contributed by atoms with Gasteiger partial charge in [-0.25, -0.2) is 0 Å². The highest BCUT2D eigenvalue weighted by Crippen LogP contribution is 2.37. The number of benzene rings is 2. The number of fused-ring (bicyclic) bond motifs is 3. The minimum Gasteiger partial charge on any atom is -0.356 e. The highest BCUT2D eigenvalue weighted by atomic mass is 16.2. The average molecular weight is 350 g/mol. The summed E-state index contributed by atoms with van der Waals surface area (Å²) in [4.78, 5) is 23.9. The summed E-state index contributed by atoms with van der Waals surface area (Å²) in [6.07, 6.45) is 1.93. The van der Waals surface area contributed by atoms with E-state index in [9.17, 15) is 9.59 Å². The van der Waals surface area contributed by atoms with Crippen molar-refractivity contribution in [3.63, 3.8) is 0 Å². The van der Waals surface area contributed by atoms with E-state index in [-0.39, 0.29) is 11.8 Å². The Morgan fingerprint density at radius 2 is 1.73 bits per heavy atom. The van der Waals surface area contributed by atoms with E-state index >= 15 is 0 Å². The van der Waals surface area contributed by atoms with Crippen LogP contribution >= 0.6 is 0 Å². The molecule has 0 atom stereocenters. The fourth-order valence-corrected chi connectivity index (χ4v) is 3.16. The lowest BCUT2D eigenvalue weighted by atomic mass is 9.96. The van der Waals surface area contributed by atoms with Gasteiger partial charge in [0.05, 0.1) is 0 Å². The van der Waals surface area contributed by atoms with E-state index in [0.29, 0.717) is 19.4 Å². The summed E-state index contributed by atoms with van der Waals surface area (Å²) in [6.45, 7) is 6.15. The molecule has 1 aliphatic carbocycles. The highest BCUT2D eigenvalue weighted by molar-refractivity contribution is 5.92. The Morgan fingerprint density at radius 1 is 1.00 bits per heavy atom. The van der Waals surface area contributed by atoms with Gasteiger partial charge in [-0.2, -0.15) is 0 Å². The lowest BCUT2D eigenvalue weighted by molar-refractivity contribution is -0.128. The van der Waals surface area contributed by atoms with Crippen molar-refractivity contribution in [1.82, 2.24) is 5.32 Å². The van der Waals surface area contributed by atoms with E-state index in [2.05, 4.69) is 47.0 Å². The maximum absolute atomic E-state index is 12.1. The van der Waals surface area contributed by atoms with Crippen molar-refractivity contribution >= 4 is 17.5 Å². The van der Waals surface area contributed by atoms with Gasteiger partial charge < -0.3 is 10.6 Å². The Hall–Kier alpha value is -2.62. The molecule has 2 amide bonds. The van der Waals surface area contributed by atoms with Crippen LogP contribution in [-0.2, 0) is 16.0 Å². The normalized spacial score (nSPS) is 12.3. The Bertz CT molecular complexity index is 834. The molecular formula is C22H26N2O2. The maximum atomic E-state index is 12.1. The topological polar surface area (TPSA) is 58.2 Å². The summed E-state index contributed by atoms with van der Waals surface area (Å²) in [5, 5.41) is 5.83. The van der Waals surface area contributed by atoms with E-state index in [1.807, 2.05) is 26.8 Å². The van der Waals surface area contributed by atoms with Crippen LogP contribution < -0.4 is 10.6 Å². The monoisotopic (exact) mass is 350 g/mol. The van der Waals surface area contributed by atoms with Gasteiger partial charge in [0.1, 0.15) is 0 Å². The predicted octanol–water partition coefficient (Wildman–Crippen LogP) is 4.14. The zero-order valence-corrected chi connectivity index (χ0v) is 15.7. The number of anilines is 1. The molecule has 2 aromatic rings. The summed E-state index contributed by atoms with van der Waals surface area (Å²) >= 11 is 0. The van der Waals surface area contributed by atoms with Crippen LogP contribution in [0.15, 0.2) is 42.5 Å². The molecule has 136 valence electrons. The van der Waals surface area contributed by atoms with Crippen molar-refractivity contribution < 1.29 is 9.59 Å². The molecule has 0 aliphatic heterocycles. The second-order valence-electron chi connectivity index (χ2n) is 7.86. The molecule has 0 heterocycles. The van der Waals surface area contributed by atoms with Gasteiger partial charge in [0, 0.05) is 24.1 Å². The molecule has 1 aliphatic rings. The first-order valence-electron chi connectivity index (χ1n) is 9.14. The van der Waals surface area contributed by atoms with Crippen molar-refractivity contribution in [2.45, 2.75) is 40.0 Å². The van der Waals surface area contributed by atoms with Crippen LogP contribution in [-0.4, -0.2) is 18.4 Å². The van der Waals surface area contributed by atoms with E-state index in [0.717, 1.165) is 12.1 Å². The van der Waals surface area contributed by atoms with Crippen molar-refractivity contribution in [2.75, 3.05) is 11.9 Å². The predicted molar refractivity (Wildman–Crippen MR) is 105 cm³/mol. The summed E-state index contributed by atoms with van der Waals surface area (Å²) < 4.78 is 0. The van der Waals surface area contributed by atoms with Crippen LogP contribution in [0.5, 0.6) is 0 Å². The fourth-order valence-electron chi connectivity index (χ4n) is 3.16. The van der Waals surface area contributed by atoms with Crippen molar-refractivity contribution in [2.24, 2.45) is 5.41 Å². The van der Waals surface area contributed by atoms with Crippen molar-refractivity contribution in [1.29, 1.82) is 0 Å². The number of carbonyl (C=O) groups is 2. The first-order valence-corrected chi connectivity index (χ1v) is 9.14. The van der Waals surface area contributed by atoms with Gasteiger partial charge in [0.2, 0.25) is 11.8 Å². The van der Waals surface area contributed by atoms with E-state index < -0.39 is 5.41 Å². The van der Waals surface area contributed by atoms with Gasteiger partial charge >= 0.3 is 0 Å². The Kier molecular flexibility index (Phi) is 5.12. The first-order chi connectivity index (χ1) is 12.3. The second kappa shape index (κ2) is 7.32. The molecule has 0 saturated carbocycles. The molecule has 4 heteroatoms. The number of carbonyl (C=O) groups excluding carboxylic acids is 2. The number of rotatable bonds is 5. The molecule has 4 nitrogen and oxygen atoms in total. The zero-order chi connectivity index (χ0) is 18.7. The average Bonchev–Trinajstić information content (AvgIpc) is 2.95. The third kappa shape index (κ3) is 4.13. The van der Waals surface area contributed by atoms with Crippen LogP contribution in [0, 0.1) is 5.41 Å². The Labute approximate surface area is 155 Å². The minimum absolute atomic E-state index is 0.0103. The number of amides is 2. The van der Waals surface area contributed by atoms with Crippen LogP contribution in [0.1, 0.15) is 44.7 Å². The quantitative estimate of drug-likeness (QED) is 0.680. The third-order valence-corrected chi connectivity index (χ3v) is 4.62. The van der Waals surface area contributed by atoms with Crippen LogP contribution in [0.25, 0.3) is 11.1 Å². The molecule has 0 spiro atoms. The van der Waals surface area contributed by atoms with Crippen LogP contribution in [0.3, 0.4) is 0 Å². The number of hydrogen-bond acceptors (Lipinski definition) is 2. The summed E-state index contributed by atoms with van der Waals surface area (Å²) in [5.74, 6) is -0.0124. The van der Waals surface area contributed by atoms with Gasteiger partial charge in [0.15, 0.2) is 0 Å². The maximum Gasteiger partial charge on any atom is 0.225 e. The largest absolute Gasteiger partial charge is 0.356 e. The summed E-state index contributed by atoms with van der Waals surface area (Å²) in [5.41, 5.74) is 5.56. The Balaban J connectivity index is 1.50. The fraction of sp³-hybridized carbons (Fsp3) is 0.364. The van der Waals surface area contributed by atoms with Crippen LogP contribution in [0.4, 0.5) is 5.69 Å². The smallest absolute Gasteiger partial charge is 0.225 e. The van der Waals surface area contributed by atoms with Crippen molar-refractivity contribution in [3.05, 3.63) is 53.6 Å². The van der Waals surface area contributed by atoms with Gasteiger partial charge in [-0.15, -0.1) is 0 Å². The molecule has 0 unspecified atom stereocenters. The lowest BCUT2D eigenvalue weighted by Gasteiger charge is -2.17. The number of hydrogen-bond donors (Lipinski definition) is 2. The van der Waals surface area contributed by atoms with Crippen LogP contribution in [0.2, 0.25) is 0 Å². The molecule has 2 aromatic carbocycles. The second-order valence-corrected chi connectivity index (χ2v) is 7.86. The molecule has 2 N–H and O–H groups in total. The molecule has 0 radical (unpaired) electrons. The van der Waals surface area contributed by atoms with Gasteiger partial charge in [0.25, 0.3) is 0 Å². The number of nitrogens with one attached hydrogen (secondary N) is 2. The zero-order valence-electron chi connectivity index (χ0n) is 15.7. The molecule has 0 bridgehead atoms. The first kappa shape index (κ1) is 18.2. The van der Waals surface area contributed by atoms with E-state index in [4.69, 9.17) is 0 Å². The van der Waals surface area contributed by atoms with Gasteiger partial charge in [-0.3, -0.25) is 9.59 Å². The summed E-state index contributed by atoms with van der Waals surface area (Å²) in [6, 6.07) is 14.5. The van der Waals surface area contributed by atoms with E-state index in [1.54, 1.807) is 0 Å². The molecule has 26 heavy (non-hydrogen) atoms. The summed E-state index contributed by atoms with van der Waals surface area (Å²) in [7, 11) is 0. The highest BCUT2D eigenvalue weighted by Gasteiger charge is 2.20. The van der Waals surface area contributed by atoms with Gasteiger partial charge in [-0.1, -0.05) is 51.1 Å². The Morgan fingerprint density at radius 3 is 2.50 bits per heavy atom. The molecule has 3 rings (SSSR count). The third-order valence-electron chi connectivity index (χ3n) is 4.62. The molecule has 0 saturated heterocycles. The lowest BCUT2D eigenvalue weighted by Crippen LogP contribution is -2.35. The van der Waals surface area contributed by atoms with Crippen molar-refractivity contribution in [3.8, 4) is 11.1 Å². The minimum atomic E-state index is -0.399. The van der Waals surface area contributed by atoms with Gasteiger partial charge in [-0.05, 0) is 47.2 Å². The standard InChI is InChI=1S/C22H26N2O2/c1-22(2,3)21(26)23-12-6-9-20(25)24-17-10-11-19-16(14-17)13-15-7-4-5-8-18(15)19/h4-5,7-8,10-11,14H,6,9,12-13H2,1-3H3,(H,23,26)(H,24,25). The molecule has 0 fully saturated rings. The molecule has 0 aromatic heterocycles. The molecular weight excluding hydrogens is 324 g/mol. The SMILES string of the molecule is CC(C)(C)C(=O)NCCCC(=O)Nc1ccc2c(c1)Cc1ccccc1-2. The van der Waals surface area contributed by atoms with E-state index in [1.165, 1.54) is 22.3 Å².